The van der Waals surface area contributed by atoms with E-state index in [1.807, 2.05) is 48.5 Å². The fourth-order valence-electron chi connectivity index (χ4n) is 3.66. The second-order valence-corrected chi connectivity index (χ2v) is 6.65. The van der Waals surface area contributed by atoms with Gasteiger partial charge in [-0.15, -0.1) is 0 Å². The molecule has 4 heteroatoms. The van der Waals surface area contributed by atoms with Crippen molar-refractivity contribution < 1.29 is 0 Å². The van der Waals surface area contributed by atoms with E-state index in [-0.39, 0.29) is 5.56 Å². The van der Waals surface area contributed by atoms with E-state index in [9.17, 15) is 4.79 Å². The summed E-state index contributed by atoms with van der Waals surface area (Å²) in [6, 6.07) is 23.7. The van der Waals surface area contributed by atoms with Gasteiger partial charge in [-0.25, -0.2) is 4.98 Å². The molecule has 0 bridgehead atoms. The highest BCUT2D eigenvalue weighted by Crippen LogP contribution is 2.34. The molecule has 2 heterocycles. The van der Waals surface area contributed by atoms with E-state index < -0.39 is 0 Å². The molecule has 3 aromatic carbocycles. The number of rotatable bonds is 2. The van der Waals surface area contributed by atoms with E-state index in [0.29, 0.717) is 16.7 Å². The van der Waals surface area contributed by atoms with Crippen LogP contribution >= 0.6 is 0 Å². The molecule has 0 unspecified atom stereocenters. The zero-order chi connectivity index (χ0) is 18.4. The van der Waals surface area contributed by atoms with E-state index in [2.05, 4.69) is 35.1 Å². The monoisotopic (exact) mass is 351 g/mol. The van der Waals surface area contributed by atoms with E-state index in [0.717, 1.165) is 27.7 Å². The first kappa shape index (κ1) is 15.6. The van der Waals surface area contributed by atoms with E-state index in [1.165, 1.54) is 5.56 Å². The van der Waals surface area contributed by atoms with Crippen molar-refractivity contribution in [3.63, 3.8) is 0 Å². The molecule has 0 aliphatic carbocycles. The summed E-state index contributed by atoms with van der Waals surface area (Å²) in [6.07, 6.45) is 0. The summed E-state index contributed by atoms with van der Waals surface area (Å²) in [7, 11) is 0. The predicted octanol–water partition coefficient (Wildman–Crippen LogP) is 5.05. The van der Waals surface area contributed by atoms with Gasteiger partial charge in [-0.3, -0.25) is 4.79 Å². The number of aromatic amines is 2. The zero-order valence-electron chi connectivity index (χ0n) is 14.8. The lowest BCUT2D eigenvalue weighted by Gasteiger charge is -2.05. The van der Waals surface area contributed by atoms with Crippen molar-refractivity contribution >= 4 is 21.8 Å². The number of fused-ring (bicyclic) bond motifs is 2. The highest BCUT2D eigenvalue weighted by molar-refractivity contribution is 5.99. The standard InChI is InChI=1S/C23H17N3O/c1-14-16-11-7-12-18(21(16)25-20(14)15-8-3-2-4-9-15)22-24-19-13-6-5-10-17(19)23(27)26-22/h2-13,25H,1H3,(H,24,26,27). The number of aromatic nitrogens is 3. The number of hydrogen-bond acceptors (Lipinski definition) is 2. The van der Waals surface area contributed by atoms with Crippen LogP contribution in [-0.4, -0.2) is 15.0 Å². The van der Waals surface area contributed by atoms with Crippen LogP contribution in [0.15, 0.2) is 77.6 Å². The molecule has 2 N–H and O–H groups in total. The van der Waals surface area contributed by atoms with Gasteiger partial charge in [-0.05, 0) is 36.2 Å². The summed E-state index contributed by atoms with van der Waals surface area (Å²) < 4.78 is 0. The van der Waals surface area contributed by atoms with Crippen LogP contribution in [0.1, 0.15) is 5.56 Å². The Labute approximate surface area is 155 Å². The summed E-state index contributed by atoms with van der Waals surface area (Å²) in [5, 5.41) is 1.73. The van der Waals surface area contributed by atoms with Gasteiger partial charge in [0.2, 0.25) is 0 Å². The smallest absolute Gasteiger partial charge is 0.259 e. The van der Waals surface area contributed by atoms with Gasteiger partial charge in [0.15, 0.2) is 0 Å². The van der Waals surface area contributed by atoms with Crippen LogP contribution in [0.2, 0.25) is 0 Å². The van der Waals surface area contributed by atoms with Crippen LogP contribution < -0.4 is 5.56 Å². The molecule has 5 aromatic rings. The van der Waals surface area contributed by atoms with Gasteiger partial charge in [0, 0.05) is 16.6 Å². The number of nitrogens with one attached hydrogen (secondary N) is 2. The van der Waals surface area contributed by atoms with Gasteiger partial charge in [0.05, 0.1) is 16.4 Å². The number of aryl methyl sites for hydroxylation is 1. The van der Waals surface area contributed by atoms with Crippen molar-refractivity contribution in [3.05, 3.63) is 88.7 Å². The summed E-state index contributed by atoms with van der Waals surface area (Å²) in [5.41, 5.74) is 5.84. The van der Waals surface area contributed by atoms with Crippen LogP contribution in [0, 0.1) is 6.92 Å². The largest absolute Gasteiger partial charge is 0.354 e. The molecule has 130 valence electrons. The Morgan fingerprint density at radius 2 is 1.52 bits per heavy atom. The van der Waals surface area contributed by atoms with Gasteiger partial charge >= 0.3 is 0 Å². The first-order valence-electron chi connectivity index (χ1n) is 8.88. The van der Waals surface area contributed by atoms with Gasteiger partial charge in [-0.2, -0.15) is 0 Å². The lowest BCUT2D eigenvalue weighted by molar-refractivity contribution is 1.18. The van der Waals surface area contributed by atoms with E-state index >= 15 is 0 Å². The van der Waals surface area contributed by atoms with Crippen molar-refractivity contribution in [2.45, 2.75) is 6.92 Å². The van der Waals surface area contributed by atoms with E-state index in [4.69, 9.17) is 4.98 Å². The minimum absolute atomic E-state index is 0.126. The third kappa shape index (κ3) is 2.46. The van der Waals surface area contributed by atoms with Gasteiger partial charge in [0.25, 0.3) is 5.56 Å². The third-order valence-electron chi connectivity index (χ3n) is 5.02. The molecule has 0 spiro atoms. The highest BCUT2D eigenvalue weighted by atomic mass is 16.1. The Morgan fingerprint density at radius 1 is 0.778 bits per heavy atom. The maximum absolute atomic E-state index is 12.5. The highest BCUT2D eigenvalue weighted by Gasteiger charge is 2.15. The first-order chi connectivity index (χ1) is 13.2. The number of hydrogen-bond donors (Lipinski definition) is 2. The Hall–Kier alpha value is -3.66. The molecule has 0 fully saturated rings. The molecule has 0 aliphatic heterocycles. The topological polar surface area (TPSA) is 61.5 Å². The molecule has 4 nitrogen and oxygen atoms in total. The molecule has 0 atom stereocenters. The molecule has 5 rings (SSSR count). The summed E-state index contributed by atoms with van der Waals surface area (Å²) in [6.45, 7) is 2.11. The summed E-state index contributed by atoms with van der Waals surface area (Å²) in [5.74, 6) is 0.574. The second kappa shape index (κ2) is 5.95. The average Bonchev–Trinajstić information content (AvgIpc) is 3.05. The SMILES string of the molecule is Cc1c(-c2ccccc2)[nH]c2c(-c3nc4ccccc4c(=O)[nH]3)cccc12. The number of para-hydroxylation sites is 2. The minimum Gasteiger partial charge on any atom is -0.354 e. The number of nitrogens with zero attached hydrogens (tertiary/aromatic N) is 1. The van der Waals surface area contributed by atoms with Crippen LogP contribution in [0.25, 0.3) is 44.5 Å². The average molecular weight is 351 g/mol. The van der Waals surface area contributed by atoms with E-state index in [1.54, 1.807) is 6.07 Å². The van der Waals surface area contributed by atoms with Crippen molar-refractivity contribution in [1.82, 2.24) is 15.0 Å². The van der Waals surface area contributed by atoms with Gasteiger partial charge in [-0.1, -0.05) is 54.6 Å². The van der Waals surface area contributed by atoms with Gasteiger partial charge in [0.1, 0.15) is 5.82 Å². The summed E-state index contributed by atoms with van der Waals surface area (Å²) in [4.78, 5) is 23.7. The normalized spacial score (nSPS) is 11.3. The Morgan fingerprint density at radius 3 is 2.37 bits per heavy atom. The molecule has 27 heavy (non-hydrogen) atoms. The number of benzene rings is 3. The van der Waals surface area contributed by atoms with Gasteiger partial charge < -0.3 is 9.97 Å². The van der Waals surface area contributed by atoms with Crippen LogP contribution in [0.5, 0.6) is 0 Å². The maximum Gasteiger partial charge on any atom is 0.259 e. The molecular weight excluding hydrogens is 334 g/mol. The maximum atomic E-state index is 12.5. The Kier molecular flexibility index (Phi) is 3.44. The first-order valence-corrected chi connectivity index (χ1v) is 8.88. The molecule has 0 saturated carbocycles. The third-order valence-corrected chi connectivity index (χ3v) is 5.02. The van der Waals surface area contributed by atoms with Crippen LogP contribution in [0.3, 0.4) is 0 Å². The molecule has 0 radical (unpaired) electrons. The lowest BCUT2D eigenvalue weighted by Crippen LogP contribution is -2.09. The molecule has 0 amide bonds. The second-order valence-electron chi connectivity index (χ2n) is 6.65. The van der Waals surface area contributed by atoms with Crippen LogP contribution in [0.4, 0.5) is 0 Å². The number of H-pyrrole nitrogens is 2. The van der Waals surface area contributed by atoms with Crippen molar-refractivity contribution in [1.29, 1.82) is 0 Å². The zero-order valence-corrected chi connectivity index (χ0v) is 14.8. The van der Waals surface area contributed by atoms with Crippen molar-refractivity contribution in [2.24, 2.45) is 0 Å². The predicted molar refractivity (Wildman–Crippen MR) is 110 cm³/mol. The molecular formula is C23H17N3O. The van der Waals surface area contributed by atoms with Crippen LogP contribution in [-0.2, 0) is 0 Å². The molecule has 0 saturated heterocycles. The Balaban J connectivity index is 1.79. The molecule has 2 aromatic heterocycles. The minimum atomic E-state index is -0.126. The van der Waals surface area contributed by atoms with Crippen molar-refractivity contribution in [3.8, 4) is 22.6 Å². The fraction of sp³-hybridized carbons (Fsp3) is 0.0435. The fourth-order valence-corrected chi connectivity index (χ4v) is 3.66. The Bertz CT molecular complexity index is 1350. The molecule has 0 aliphatic rings. The summed E-state index contributed by atoms with van der Waals surface area (Å²) >= 11 is 0. The van der Waals surface area contributed by atoms with Crippen molar-refractivity contribution in [2.75, 3.05) is 0 Å². The lowest BCUT2D eigenvalue weighted by atomic mass is 10.0. The quantitative estimate of drug-likeness (QED) is 0.468.